The fraction of sp³-hybridized carbons (Fsp3) is 0.565. The van der Waals surface area contributed by atoms with Gasteiger partial charge in [0, 0.05) is 56.5 Å². The highest BCUT2D eigenvalue weighted by atomic mass is 32.2. The molecule has 2 aliphatic rings. The van der Waals surface area contributed by atoms with Crippen molar-refractivity contribution in [2.75, 3.05) is 55.7 Å². The topological polar surface area (TPSA) is 115 Å². The van der Waals surface area contributed by atoms with Crippen molar-refractivity contribution in [1.29, 1.82) is 0 Å². The summed E-state index contributed by atoms with van der Waals surface area (Å²) in [5.41, 5.74) is 2.63. The number of nitrogens with one attached hydrogen (secondary N) is 1. The normalized spacial score (nSPS) is 18.9. The molecule has 192 valence electrons. The molecule has 1 aromatic heterocycles. The molecule has 0 atom stereocenters. The second-order valence-corrected chi connectivity index (χ2v) is 11.9. The number of carbonyl (C=O) groups excluding carboxylic acids is 1. The largest absolute Gasteiger partial charge is 0.494 e. The maximum atomic E-state index is 13.8. The molecule has 3 heterocycles. The first-order chi connectivity index (χ1) is 16.9. The Labute approximate surface area is 210 Å². The summed E-state index contributed by atoms with van der Waals surface area (Å²) in [6.45, 7) is 5.11. The van der Waals surface area contributed by atoms with Gasteiger partial charge in [-0.25, -0.2) is 18.9 Å². The summed E-state index contributed by atoms with van der Waals surface area (Å²) in [6.07, 6.45) is 3.96. The van der Waals surface area contributed by atoms with Crippen molar-refractivity contribution in [2.45, 2.75) is 37.4 Å². The number of sulfonamides is 1. The number of carbonyl (C=O) groups is 1. The van der Waals surface area contributed by atoms with E-state index in [4.69, 9.17) is 4.74 Å². The van der Waals surface area contributed by atoms with Crippen LogP contribution in [0.25, 0.3) is 0 Å². The monoisotopic (exact) mass is 523 g/mol. The predicted molar refractivity (Wildman–Crippen MR) is 136 cm³/mol. The highest BCUT2D eigenvalue weighted by molar-refractivity contribution is 7.91. The van der Waals surface area contributed by atoms with Crippen LogP contribution in [0, 0.1) is 0 Å². The lowest BCUT2D eigenvalue weighted by Gasteiger charge is -2.44. The average Bonchev–Trinajstić information content (AvgIpc) is 3.44. The molecule has 0 radical (unpaired) electrons. The first kappa shape index (κ1) is 25.7. The number of aromatic nitrogens is 1. The van der Waals surface area contributed by atoms with Crippen LogP contribution in [0.5, 0.6) is 5.75 Å². The lowest BCUT2D eigenvalue weighted by molar-refractivity contribution is -0.132. The van der Waals surface area contributed by atoms with E-state index in [1.165, 1.54) is 15.6 Å². The summed E-state index contributed by atoms with van der Waals surface area (Å²) in [7, 11) is -4.00. The molecule has 35 heavy (non-hydrogen) atoms. The zero-order valence-electron chi connectivity index (χ0n) is 19.9. The molecule has 1 amide bonds. The van der Waals surface area contributed by atoms with Crippen LogP contribution in [0.1, 0.15) is 32.6 Å². The van der Waals surface area contributed by atoms with E-state index in [1.807, 2.05) is 34.5 Å². The van der Waals surface area contributed by atoms with Crippen LogP contribution in [0.4, 0.5) is 10.8 Å². The number of piperidine rings is 1. The second kappa shape index (κ2) is 11.1. The average molecular weight is 524 g/mol. The molecule has 2 N–H and O–H groups in total. The van der Waals surface area contributed by atoms with Crippen molar-refractivity contribution >= 4 is 38.1 Å². The van der Waals surface area contributed by atoms with E-state index in [9.17, 15) is 18.4 Å². The zero-order valence-corrected chi connectivity index (χ0v) is 21.6. The molecular weight excluding hydrogens is 490 g/mol. The van der Waals surface area contributed by atoms with Crippen molar-refractivity contribution in [3.8, 4) is 5.75 Å². The van der Waals surface area contributed by atoms with E-state index >= 15 is 0 Å². The van der Waals surface area contributed by atoms with Crippen LogP contribution in [0.2, 0.25) is 0 Å². The molecule has 4 rings (SSSR count). The number of thiazole rings is 1. The number of benzene rings is 1. The number of unbranched alkanes of at least 4 members (excludes halogenated alkanes) is 1. The van der Waals surface area contributed by atoms with Crippen LogP contribution in [-0.2, 0) is 14.8 Å². The van der Waals surface area contributed by atoms with Crippen LogP contribution in [-0.4, -0.2) is 79.4 Å². The van der Waals surface area contributed by atoms with Crippen molar-refractivity contribution < 1.29 is 23.2 Å². The second-order valence-electron chi connectivity index (χ2n) is 8.82. The van der Waals surface area contributed by atoms with Gasteiger partial charge in [0.05, 0.1) is 6.61 Å². The third kappa shape index (κ3) is 5.25. The lowest BCUT2D eigenvalue weighted by atomic mass is 9.95. The summed E-state index contributed by atoms with van der Waals surface area (Å²) >= 11 is 1.47. The van der Waals surface area contributed by atoms with Crippen molar-refractivity contribution in [1.82, 2.24) is 14.8 Å². The minimum absolute atomic E-state index is 0.0843. The van der Waals surface area contributed by atoms with Gasteiger partial charge >= 0.3 is 0 Å². The van der Waals surface area contributed by atoms with Gasteiger partial charge in [-0.05, 0) is 43.5 Å². The molecule has 0 saturated carbocycles. The molecule has 0 bridgehead atoms. The van der Waals surface area contributed by atoms with Gasteiger partial charge in [0.2, 0.25) is 10.0 Å². The highest BCUT2D eigenvalue weighted by Crippen LogP contribution is 2.36. The lowest BCUT2D eigenvalue weighted by Crippen LogP contribution is -2.63. The smallest absolute Gasteiger partial charge is 0.266 e. The van der Waals surface area contributed by atoms with Crippen LogP contribution in [0.15, 0.2) is 35.8 Å². The Hall–Kier alpha value is -2.41. The third-order valence-electron chi connectivity index (χ3n) is 6.82. The maximum absolute atomic E-state index is 13.8. The fourth-order valence-corrected chi connectivity index (χ4v) is 7.47. The first-order valence-electron chi connectivity index (χ1n) is 12.0. The molecule has 0 spiro atoms. The van der Waals surface area contributed by atoms with E-state index in [-0.39, 0.29) is 25.9 Å². The van der Waals surface area contributed by atoms with Gasteiger partial charge < -0.3 is 14.5 Å². The first-order valence-corrected chi connectivity index (χ1v) is 14.3. The molecule has 2 aromatic rings. The van der Waals surface area contributed by atoms with Crippen molar-refractivity contribution in [3.63, 3.8) is 0 Å². The number of amides is 1. The van der Waals surface area contributed by atoms with E-state index in [1.54, 1.807) is 11.7 Å². The molecule has 10 nitrogen and oxygen atoms in total. The molecule has 12 heteroatoms. The Kier molecular flexibility index (Phi) is 8.15. The van der Waals surface area contributed by atoms with Crippen LogP contribution >= 0.6 is 11.3 Å². The van der Waals surface area contributed by atoms with Gasteiger partial charge in [0.1, 0.15) is 5.75 Å². The van der Waals surface area contributed by atoms with Gasteiger partial charge in [-0.1, -0.05) is 13.3 Å². The highest BCUT2D eigenvalue weighted by Gasteiger charge is 2.55. The maximum Gasteiger partial charge on any atom is 0.266 e. The van der Waals surface area contributed by atoms with Crippen molar-refractivity contribution in [3.05, 3.63) is 35.8 Å². The number of hydroxylamine groups is 1. The number of rotatable bonds is 9. The predicted octanol–water partition coefficient (Wildman–Crippen LogP) is 2.32. The zero-order chi connectivity index (χ0) is 24.9. The van der Waals surface area contributed by atoms with Crippen molar-refractivity contribution in [2.24, 2.45) is 0 Å². The minimum Gasteiger partial charge on any atom is -0.494 e. The standard InChI is InChI=1S/C23H33N5O5S2/c1-2-3-17-33-20-6-4-19(5-7-20)26-13-15-28(16-14-26)35(31,32)23(21(29)25-30)8-11-27(12-9-23)22-24-10-18-34-22/h4-7,10,18,30H,2-3,8-9,11-17H2,1H3,(H,25,29). The number of hydrogen-bond acceptors (Lipinski definition) is 9. The minimum atomic E-state index is -4.00. The Balaban J connectivity index is 1.41. The van der Waals surface area contributed by atoms with Crippen LogP contribution in [0.3, 0.4) is 0 Å². The Morgan fingerprint density at radius 3 is 2.37 bits per heavy atom. The van der Waals surface area contributed by atoms with E-state index in [2.05, 4.69) is 16.8 Å². The van der Waals surface area contributed by atoms with E-state index in [0.717, 1.165) is 29.4 Å². The number of ether oxygens (including phenoxy) is 1. The summed E-state index contributed by atoms with van der Waals surface area (Å²) in [5, 5.41) is 12.1. The van der Waals surface area contributed by atoms with Gasteiger partial charge in [0.15, 0.2) is 9.88 Å². The third-order valence-corrected chi connectivity index (χ3v) is 10.3. The van der Waals surface area contributed by atoms with Crippen LogP contribution < -0.4 is 20.0 Å². The van der Waals surface area contributed by atoms with E-state index < -0.39 is 20.7 Å². The molecule has 0 unspecified atom stereocenters. The van der Waals surface area contributed by atoms with Gasteiger partial charge in [-0.15, -0.1) is 11.3 Å². The van der Waals surface area contributed by atoms with Gasteiger partial charge in [0.25, 0.3) is 5.91 Å². The number of nitrogens with zero attached hydrogens (tertiary/aromatic N) is 4. The Morgan fingerprint density at radius 2 is 1.80 bits per heavy atom. The summed E-state index contributed by atoms with van der Waals surface area (Å²) in [5.74, 6) is -0.0400. The molecule has 1 aromatic carbocycles. The molecule has 2 fully saturated rings. The molecule has 0 aliphatic carbocycles. The number of hydrogen-bond donors (Lipinski definition) is 2. The molecular formula is C23H33N5O5S2. The quantitative estimate of drug-likeness (QED) is 0.292. The van der Waals surface area contributed by atoms with Gasteiger partial charge in [-0.2, -0.15) is 4.31 Å². The SMILES string of the molecule is CCCCOc1ccc(N2CCN(S(=O)(=O)C3(C(=O)NO)CCN(c4nccs4)CC3)CC2)cc1. The molecule has 2 aliphatic heterocycles. The van der Waals surface area contributed by atoms with Gasteiger partial charge in [-0.3, -0.25) is 10.0 Å². The Morgan fingerprint density at radius 1 is 1.11 bits per heavy atom. The summed E-state index contributed by atoms with van der Waals surface area (Å²) in [4.78, 5) is 21.2. The Bertz CT molecular complexity index is 1060. The van der Waals surface area contributed by atoms with E-state index in [0.29, 0.717) is 32.8 Å². The summed E-state index contributed by atoms with van der Waals surface area (Å²) < 4.78 is 32.9. The number of piperazine rings is 1. The number of anilines is 2. The fourth-order valence-electron chi connectivity index (χ4n) is 4.66. The molecule has 2 saturated heterocycles. The summed E-state index contributed by atoms with van der Waals surface area (Å²) in [6, 6.07) is 7.84.